The maximum atomic E-state index is 11.5. The summed E-state index contributed by atoms with van der Waals surface area (Å²) in [6.07, 6.45) is -10.0. The molecule has 222 valence electrons. The lowest BCUT2D eigenvalue weighted by molar-refractivity contribution is -0.136. The molecule has 0 bridgehead atoms. The molecule has 0 aliphatic carbocycles. The molecule has 23 heteroatoms. The highest BCUT2D eigenvalue weighted by molar-refractivity contribution is 7.60. The summed E-state index contributed by atoms with van der Waals surface area (Å²) in [7, 11) is -10.4. The van der Waals surface area contributed by atoms with E-state index in [2.05, 4.69) is 23.8 Å². The van der Waals surface area contributed by atoms with E-state index in [-0.39, 0.29) is 23.3 Å². The molecule has 3 rings (SSSR count). The molecule has 12 N–H and O–H groups in total. The number of hydrogen-bond donors (Lipinski definition) is 11. The molecule has 2 aromatic rings. The average molecular weight is 607 g/mol. The summed E-state index contributed by atoms with van der Waals surface area (Å²) in [5.41, 5.74) is 6.11. The second-order valence-electron chi connectivity index (χ2n) is 7.82. The van der Waals surface area contributed by atoms with Gasteiger partial charge in [-0.3, -0.25) is 9.09 Å². The number of aldehydes is 1. The van der Waals surface area contributed by atoms with E-state index in [0.29, 0.717) is 0 Å². The number of carbonyl (C=O) groups is 1. The largest absolute Gasteiger partial charge is 0.481 e. The number of nitrogen functional groups attached to an aromatic ring is 1. The Hall–Kier alpha value is -2.04. The first-order chi connectivity index (χ1) is 18.0. The Labute approximate surface area is 217 Å². The number of hydrogen-bond acceptors (Lipinski definition) is 17. The normalized spacial score (nSPS) is 26.2. The van der Waals surface area contributed by atoms with Gasteiger partial charge in [0.25, 0.3) is 0 Å². The zero-order valence-electron chi connectivity index (χ0n) is 19.4. The number of phosphoric acid groups is 2. The summed E-state index contributed by atoms with van der Waals surface area (Å²) in [5.74, 6) is 0.0856. The molecule has 0 aromatic carbocycles. The highest BCUT2D eigenvalue weighted by atomic mass is 31.3. The Morgan fingerprint density at radius 3 is 2.28 bits per heavy atom. The SMILES string of the molecule is Nc1ncnc2c1ncn2[C@@H]1O[C@H](COP(=O)(O)OP(=O)(O)O)[C@@H](O)[C@H]1O.O=C[C@H](O)[C@@H](O)[C@H](O)[C@H](O)CO. The highest BCUT2D eigenvalue weighted by Crippen LogP contribution is 2.57. The predicted octanol–water partition coefficient (Wildman–Crippen LogP) is -5.12. The van der Waals surface area contributed by atoms with Crippen molar-refractivity contribution in [2.75, 3.05) is 18.9 Å². The molecule has 1 aliphatic rings. The number of nitrogens with two attached hydrogens (primary N) is 1. The average Bonchev–Trinajstić information content (AvgIpc) is 3.41. The molecule has 0 saturated carbocycles. The van der Waals surface area contributed by atoms with E-state index in [4.69, 9.17) is 45.8 Å². The van der Waals surface area contributed by atoms with Crippen LogP contribution in [0.2, 0.25) is 0 Å². The number of ether oxygens (including phenoxy) is 1. The van der Waals surface area contributed by atoms with Crippen LogP contribution in [0.3, 0.4) is 0 Å². The Kier molecular flexibility index (Phi) is 11.5. The summed E-state index contributed by atoms with van der Waals surface area (Å²) in [6.45, 7) is -1.57. The number of aliphatic hydroxyl groups excluding tert-OH is 7. The minimum Gasteiger partial charge on any atom is -0.394 e. The molecule has 0 amide bonds. The number of carbonyl (C=O) groups excluding carboxylic acids is 1. The van der Waals surface area contributed by atoms with Crippen LogP contribution in [0, 0.1) is 0 Å². The summed E-state index contributed by atoms with van der Waals surface area (Å²) in [5, 5.41) is 63.8. The quantitative estimate of drug-likeness (QED) is 0.0840. The summed E-state index contributed by atoms with van der Waals surface area (Å²) in [4.78, 5) is 48.0. The van der Waals surface area contributed by atoms with Gasteiger partial charge in [-0.05, 0) is 0 Å². The second kappa shape index (κ2) is 13.5. The van der Waals surface area contributed by atoms with Crippen LogP contribution >= 0.6 is 15.6 Å². The van der Waals surface area contributed by atoms with E-state index in [0.717, 1.165) is 6.33 Å². The number of nitrogens with zero attached hydrogens (tertiary/aromatic N) is 4. The van der Waals surface area contributed by atoms with Gasteiger partial charge in [-0.2, -0.15) is 4.31 Å². The molecule has 1 aliphatic heterocycles. The number of imidazole rings is 1. The topological polar surface area (TPSA) is 351 Å². The lowest BCUT2D eigenvalue weighted by Crippen LogP contribution is -2.46. The molecular formula is C16H27N5O16P2. The number of fused-ring (bicyclic) bond motifs is 1. The second-order valence-corrected chi connectivity index (χ2v) is 10.7. The van der Waals surface area contributed by atoms with Crippen molar-refractivity contribution in [3.63, 3.8) is 0 Å². The Bertz CT molecular complexity index is 1200. The fraction of sp³-hybridized carbons (Fsp3) is 0.625. The van der Waals surface area contributed by atoms with Crippen LogP contribution in [0.15, 0.2) is 12.7 Å². The van der Waals surface area contributed by atoms with Crippen LogP contribution in [0.25, 0.3) is 11.2 Å². The van der Waals surface area contributed by atoms with E-state index in [1.54, 1.807) is 0 Å². The monoisotopic (exact) mass is 607 g/mol. The maximum Gasteiger partial charge on any atom is 0.481 e. The lowest BCUT2D eigenvalue weighted by atomic mass is 10.0. The van der Waals surface area contributed by atoms with Gasteiger partial charge in [0.15, 0.2) is 24.0 Å². The minimum atomic E-state index is -5.29. The van der Waals surface area contributed by atoms with Crippen LogP contribution in [-0.4, -0.2) is 132 Å². The van der Waals surface area contributed by atoms with E-state index < -0.39 is 77.8 Å². The first-order valence-corrected chi connectivity index (χ1v) is 13.5. The number of anilines is 1. The van der Waals surface area contributed by atoms with E-state index in [1.807, 2.05) is 0 Å². The van der Waals surface area contributed by atoms with Gasteiger partial charge in [-0.1, -0.05) is 0 Å². The summed E-state index contributed by atoms with van der Waals surface area (Å²) < 4.78 is 36.8. The third-order valence-corrected chi connectivity index (χ3v) is 7.18. The minimum absolute atomic E-state index is 0.0258. The maximum absolute atomic E-state index is 11.5. The van der Waals surface area contributed by atoms with Crippen LogP contribution in [-0.2, 0) is 27.5 Å². The third-order valence-electron chi connectivity index (χ3n) is 5.03. The first kappa shape index (κ1) is 33.2. The molecule has 9 atom stereocenters. The van der Waals surface area contributed by atoms with E-state index >= 15 is 0 Å². The van der Waals surface area contributed by atoms with Crippen molar-refractivity contribution in [1.29, 1.82) is 0 Å². The summed E-state index contributed by atoms with van der Waals surface area (Å²) in [6, 6.07) is 0. The van der Waals surface area contributed by atoms with Crippen molar-refractivity contribution >= 4 is 38.9 Å². The lowest BCUT2D eigenvalue weighted by Gasteiger charge is -2.22. The highest BCUT2D eigenvalue weighted by Gasteiger charge is 2.46. The molecular weight excluding hydrogens is 580 g/mol. The van der Waals surface area contributed by atoms with Crippen LogP contribution in [0.1, 0.15) is 6.23 Å². The van der Waals surface area contributed by atoms with Gasteiger partial charge in [-0.15, -0.1) is 0 Å². The molecule has 3 heterocycles. The van der Waals surface area contributed by atoms with Gasteiger partial charge >= 0.3 is 15.6 Å². The van der Waals surface area contributed by atoms with Crippen molar-refractivity contribution in [2.45, 2.75) is 49.0 Å². The molecule has 0 spiro atoms. The smallest absolute Gasteiger partial charge is 0.394 e. The Morgan fingerprint density at radius 2 is 1.72 bits per heavy atom. The summed E-state index contributed by atoms with van der Waals surface area (Å²) >= 11 is 0. The number of aliphatic hydroxyl groups is 7. The fourth-order valence-electron chi connectivity index (χ4n) is 3.10. The van der Waals surface area contributed by atoms with Crippen molar-refractivity contribution in [3.8, 4) is 0 Å². The van der Waals surface area contributed by atoms with Gasteiger partial charge in [0, 0.05) is 0 Å². The van der Waals surface area contributed by atoms with Crippen molar-refractivity contribution in [3.05, 3.63) is 12.7 Å². The van der Waals surface area contributed by atoms with E-state index in [1.165, 1.54) is 10.9 Å². The van der Waals surface area contributed by atoms with Crippen LogP contribution < -0.4 is 5.73 Å². The van der Waals surface area contributed by atoms with Gasteiger partial charge in [-0.25, -0.2) is 24.1 Å². The molecule has 1 fully saturated rings. The van der Waals surface area contributed by atoms with Crippen molar-refractivity contribution in [2.24, 2.45) is 0 Å². The number of aromatic nitrogens is 4. The molecule has 1 unspecified atom stereocenters. The van der Waals surface area contributed by atoms with Gasteiger partial charge in [0.1, 0.15) is 54.6 Å². The standard InChI is InChI=1S/C10H15N5O10P2.C6H12O6/c11-8-5-9(13-2-12-8)15(3-14-5)10-7(17)6(16)4(24-10)1-23-27(21,22)25-26(18,19)20;7-1-3(9)5(11)6(12)4(10)2-8/h2-4,6-7,10,16-17H,1H2,(H,21,22)(H2,11,12,13)(H2,18,19,20);1,3-6,8-12H,2H2/t4-,6-,7-,10-;3-,4+,5+,6+/m10/s1. The zero-order valence-corrected chi connectivity index (χ0v) is 21.2. The van der Waals surface area contributed by atoms with Crippen LogP contribution in [0.5, 0.6) is 0 Å². The predicted molar refractivity (Wildman–Crippen MR) is 122 cm³/mol. The van der Waals surface area contributed by atoms with Gasteiger partial charge < -0.3 is 65.7 Å². The van der Waals surface area contributed by atoms with Crippen molar-refractivity contribution < 1.29 is 77.9 Å². The first-order valence-electron chi connectivity index (χ1n) is 10.5. The Morgan fingerprint density at radius 1 is 1.08 bits per heavy atom. The third kappa shape index (κ3) is 8.72. The molecule has 1 saturated heterocycles. The Balaban J connectivity index is 0.000000377. The molecule has 21 nitrogen and oxygen atoms in total. The van der Waals surface area contributed by atoms with Crippen LogP contribution in [0.4, 0.5) is 5.82 Å². The molecule has 39 heavy (non-hydrogen) atoms. The fourth-order valence-corrected chi connectivity index (χ4v) is 4.70. The van der Waals surface area contributed by atoms with Gasteiger partial charge in [0.05, 0.1) is 19.5 Å². The number of rotatable bonds is 11. The van der Waals surface area contributed by atoms with Crippen molar-refractivity contribution in [1.82, 2.24) is 19.5 Å². The number of phosphoric ester groups is 1. The van der Waals surface area contributed by atoms with Gasteiger partial charge in [0.2, 0.25) is 0 Å². The molecule has 0 radical (unpaired) electrons. The molecule has 2 aromatic heterocycles. The zero-order chi connectivity index (χ0) is 29.7. The van der Waals surface area contributed by atoms with E-state index in [9.17, 15) is 29.0 Å².